The third-order valence-electron chi connectivity index (χ3n) is 3.10. The molecule has 0 atom stereocenters. The van der Waals surface area contributed by atoms with Crippen molar-refractivity contribution in [3.8, 4) is 0 Å². The minimum absolute atomic E-state index is 0.501. The Bertz CT molecular complexity index is 316. The molecule has 0 bridgehead atoms. The highest BCUT2D eigenvalue weighted by molar-refractivity contribution is 7.99. The zero-order valence-corrected chi connectivity index (χ0v) is 11.0. The van der Waals surface area contributed by atoms with Crippen molar-refractivity contribution in [1.82, 2.24) is 14.9 Å². The molecule has 16 heavy (non-hydrogen) atoms. The van der Waals surface area contributed by atoms with Gasteiger partial charge in [-0.2, -0.15) is 11.8 Å². The molecule has 1 aliphatic heterocycles. The first-order valence-electron chi connectivity index (χ1n) is 6.09. The van der Waals surface area contributed by atoms with E-state index in [4.69, 9.17) is 0 Å². The van der Waals surface area contributed by atoms with E-state index in [9.17, 15) is 0 Å². The summed E-state index contributed by atoms with van der Waals surface area (Å²) < 4.78 is 2.24. The Kier molecular flexibility index (Phi) is 4.29. The standard InChI is InChI=1S/C12H21N3S/c1-10(2)15-9-13-7-12(15)8-14-11-3-5-16-6-4-11/h7,9-11,14H,3-6,8H2,1-2H3. The Morgan fingerprint density at radius 2 is 2.25 bits per heavy atom. The van der Waals surface area contributed by atoms with Gasteiger partial charge in [0, 0.05) is 24.8 Å². The lowest BCUT2D eigenvalue weighted by Gasteiger charge is -2.23. The van der Waals surface area contributed by atoms with Gasteiger partial charge in [0.05, 0.1) is 12.0 Å². The van der Waals surface area contributed by atoms with E-state index >= 15 is 0 Å². The molecule has 1 saturated heterocycles. The van der Waals surface area contributed by atoms with Gasteiger partial charge in [-0.15, -0.1) is 0 Å². The minimum atomic E-state index is 0.501. The molecule has 0 aromatic carbocycles. The predicted molar refractivity (Wildman–Crippen MR) is 69.8 cm³/mol. The Balaban J connectivity index is 1.86. The maximum absolute atomic E-state index is 4.23. The normalized spacial score (nSPS) is 18.2. The van der Waals surface area contributed by atoms with E-state index in [2.05, 4.69) is 40.5 Å². The fraction of sp³-hybridized carbons (Fsp3) is 0.750. The SMILES string of the molecule is CC(C)n1cncc1CNC1CCSCC1. The molecular weight excluding hydrogens is 218 g/mol. The van der Waals surface area contributed by atoms with Gasteiger partial charge in [0.2, 0.25) is 0 Å². The summed E-state index contributed by atoms with van der Waals surface area (Å²) in [7, 11) is 0. The molecule has 1 aromatic heterocycles. The van der Waals surface area contributed by atoms with Gasteiger partial charge in [0.15, 0.2) is 0 Å². The zero-order chi connectivity index (χ0) is 11.4. The average Bonchev–Trinajstić information content (AvgIpc) is 2.76. The van der Waals surface area contributed by atoms with E-state index in [0.29, 0.717) is 12.1 Å². The van der Waals surface area contributed by atoms with E-state index in [-0.39, 0.29) is 0 Å². The van der Waals surface area contributed by atoms with Crippen molar-refractivity contribution in [2.24, 2.45) is 0 Å². The molecule has 2 heterocycles. The number of thioether (sulfide) groups is 1. The predicted octanol–water partition coefficient (Wildman–Crippen LogP) is 2.45. The van der Waals surface area contributed by atoms with Gasteiger partial charge >= 0.3 is 0 Å². The summed E-state index contributed by atoms with van der Waals surface area (Å²) >= 11 is 2.07. The third-order valence-corrected chi connectivity index (χ3v) is 4.14. The molecule has 2 rings (SSSR count). The number of nitrogens with zero attached hydrogens (tertiary/aromatic N) is 2. The van der Waals surface area contributed by atoms with E-state index in [1.807, 2.05) is 12.5 Å². The largest absolute Gasteiger partial charge is 0.331 e. The van der Waals surface area contributed by atoms with Gasteiger partial charge in [-0.05, 0) is 38.2 Å². The molecule has 1 N–H and O–H groups in total. The van der Waals surface area contributed by atoms with Crippen molar-refractivity contribution < 1.29 is 0 Å². The number of hydrogen-bond donors (Lipinski definition) is 1. The van der Waals surface area contributed by atoms with Gasteiger partial charge in [0.25, 0.3) is 0 Å². The second kappa shape index (κ2) is 5.73. The van der Waals surface area contributed by atoms with Crippen LogP contribution in [0.1, 0.15) is 38.4 Å². The van der Waals surface area contributed by atoms with Crippen LogP contribution in [0, 0.1) is 0 Å². The second-order valence-electron chi connectivity index (χ2n) is 4.65. The molecule has 3 nitrogen and oxygen atoms in total. The summed E-state index contributed by atoms with van der Waals surface area (Å²) in [6.07, 6.45) is 6.52. The molecule has 1 aromatic rings. The first-order chi connectivity index (χ1) is 7.77. The van der Waals surface area contributed by atoms with Crippen molar-refractivity contribution >= 4 is 11.8 Å². The fourth-order valence-electron chi connectivity index (χ4n) is 2.08. The molecule has 1 fully saturated rings. The summed E-state index contributed by atoms with van der Waals surface area (Å²) in [5.74, 6) is 2.61. The molecule has 4 heteroatoms. The van der Waals surface area contributed by atoms with Crippen molar-refractivity contribution in [1.29, 1.82) is 0 Å². The van der Waals surface area contributed by atoms with Crippen LogP contribution in [-0.4, -0.2) is 27.1 Å². The van der Waals surface area contributed by atoms with E-state index in [1.165, 1.54) is 30.0 Å². The molecule has 0 spiro atoms. The molecule has 0 radical (unpaired) electrons. The third kappa shape index (κ3) is 3.01. The number of hydrogen-bond acceptors (Lipinski definition) is 3. The molecule has 0 saturated carbocycles. The van der Waals surface area contributed by atoms with Crippen molar-refractivity contribution in [2.75, 3.05) is 11.5 Å². The number of nitrogens with one attached hydrogen (secondary N) is 1. The molecule has 0 aliphatic carbocycles. The maximum atomic E-state index is 4.23. The molecule has 1 aliphatic rings. The highest BCUT2D eigenvalue weighted by atomic mass is 32.2. The van der Waals surface area contributed by atoms with Crippen molar-refractivity contribution in [2.45, 2.75) is 45.3 Å². The Hall–Kier alpha value is -0.480. The summed E-state index contributed by atoms with van der Waals surface area (Å²) in [6, 6.07) is 1.21. The smallest absolute Gasteiger partial charge is 0.0951 e. The fourth-order valence-corrected chi connectivity index (χ4v) is 3.19. The highest BCUT2D eigenvalue weighted by Crippen LogP contribution is 2.17. The molecule has 0 amide bonds. The Labute approximate surface area is 102 Å². The molecular formula is C12H21N3S. The summed E-state index contributed by atoms with van der Waals surface area (Å²) in [5.41, 5.74) is 1.30. The lowest BCUT2D eigenvalue weighted by atomic mass is 10.1. The summed E-state index contributed by atoms with van der Waals surface area (Å²) in [4.78, 5) is 4.23. The van der Waals surface area contributed by atoms with Crippen molar-refractivity contribution in [3.05, 3.63) is 18.2 Å². The van der Waals surface area contributed by atoms with E-state index in [0.717, 1.165) is 6.54 Å². The second-order valence-corrected chi connectivity index (χ2v) is 5.88. The van der Waals surface area contributed by atoms with E-state index < -0.39 is 0 Å². The van der Waals surface area contributed by atoms with Crippen LogP contribution in [-0.2, 0) is 6.54 Å². The monoisotopic (exact) mass is 239 g/mol. The van der Waals surface area contributed by atoms with Gasteiger partial charge in [-0.1, -0.05) is 0 Å². The average molecular weight is 239 g/mol. The first kappa shape index (κ1) is 12.0. The number of rotatable bonds is 4. The van der Waals surface area contributed by atoms with Gasteiger partial charge < -0.3 is 9.88 Å². The highest BCUT2D eigenvalue weighted by Gasteiger charge is 2.13. The summed E-state index contributed by atoms with van der Waals surface area (Å²) in [6.45, 7) is 5.35. The first-order valence-corrected chi connectivity index (χ1v) is 7.24. The Morgan fingerprint density at radius 3 is 2.94 bits per heavy atom. The van der Waals surface area contributed by atoms with Gasteiger partial charge in [-0.25, -0.2) is 4.98 Å². The van der Waals surface area contributed by atoms with Crippen LogP contribution < -0.4 is 5.32 Å². The summed E-state index contributed by atoms with van der Waals surface area (Å²) in [5, 5.41) is 3.65. The maximum Gasteiger partial charge on any atom is 0.0951 e. The quantitative estimate of drug-likeness (QED) is 0.875. The lowest BCUT2D eigenvalue weighted by molar-refractivity contribution is 0.462. The van der Waals surface area contributed by atoms with Crippen LogP contribution in [0.2, 0.25) is 0 Å². The van der Waals surface area contributed by atoms with Gasteiger partial charge in [-0.3, -0.25) is 0 Å². The molecule has 90 valence electrons. The van der Waals surface area contributed by atoms with Crippen LogP contribution in [0.4, 0.5) is 0 Å². The van der Waals surface area contributed by atoms with Crippen LogP contribution in [0.3, 0.4) is 0 Å². The lowest BCUT2D eigenvalue weighted by Crippen LogP contribution is -2.32. The minimum Gasteiger partial charge on any atom is -0.331 e. The van der Waals surface area contributed by atoms with Crippen LogP contribution in [0.25, 0.3) is 0 Å². The number of aromatic nitrogens is 2. The van der Waals surface area contributed by atoms with Crippen LogP contribution in [0.5, 0.6) is 0 Å². The van der Waals surface area contributed by atoms with Crippen molar-refractivity contribution in [3.63, 3.8) is 0 Å². The topological polar surface area (TPSA) is 29.9 Å². The number of imidazole rings is 1. The molecule has 0 unspecified atom stereocenters. The van der Waals surface area contributed by atoms with Crippen LogP contribution >= 0.6 is 11.8 Å². The van der Waals surface area contributed by atoms with Gasteiger partial charge in [0.1, 0.15) is 0 Å². The van der Waals surface area contributed by atoms with Crippen LogP contribution in [0.15, 0.2) is 12.5 Å². The van der Waals surface area contributed by atoms with E-state index in [1.54, 1.807) is 0 Å². The zero-order valence-electron chi connectivity index (χ0n) is 10.1. The Morgan fingerprint density at radius 1 is 1.50 bits per heavy atom.